The molecular weight excluding hydrogens is 222 g/mol. The fraction of sp³-hybridized carbons (Fsp3) is 0.312. The number of nitrogens with zero attached hydrogens (tertiary/aromatic N) is 1. The number of hydrogen-bond acceptors (Lipinski definition) is 2. The molecule has 0 fully saturated rings. The second-order valence-electron chi connectivity index (χ2n) is 4.90. The molecule has 1 unspecified atom stereocenters. The van der Waals surface area contributed by atoms with Crippen LogP contribution in [0.25, 0.3) is 0 Å². The van der Waals surface area contributed by atoms with Crippen LogP contribution in [-0.4, -0.2) is 10.1 Å². The van der Waals surface area contributed by atoms with Gasteiger partial charge in [-0.05, 0) is 61.6 Å². The van der Waals surface area contributed by atoms with Gasteiger partial charge in [0.1, 0.15) is 6.10 Å². The van der Waals surface area contributed by atoms with Crippen molar-refractivity contribution in [3.63, 3.8) is 0 Å². The van der Waals surface area contributed by atoms with Crippen LogP contribution >= 0.6 is 0 Å². The Morgan fingerprint density at radius 2 is 1.61 bits per heavy atom. The number of aliphatic hydroxyl groups excluding tert-OH is 1. The average molecular weight is 241 g/mol. The summed E-state index contributed by atoms with van der Waals surface area (Å²) in [6.07, 6.45) is 1.08. The molecule has 2 rings (SSSR count). The van der Waals surface area contributed by atoms with Gasteiger partial charge in [0.2, 0.25) is 0 Å². The molecule has 0 saturated heterocycles. The molecule has 0 radical (unpaired) electrons. The molecule has 1 heterocycles. The maximum atomic E-state index is 10.5. The van der Waals surface area contributed by atoms with Gasteiger partial charge in [-0.3, -0.25) is 4.98 Å². The normalized spacial score (nSPS) is 12.5. The van der Waals surface area contributed by atoms with Crippen LogP contribution in [0.5, 0.6) is 0 Å². The highest BCUT2D eigenvalue weighted by molar-refractivity contribution is 5.41. The van der Waals surface area contributed by atoms with Gasteiger partial charge in [-0.1, -0.05) is 18.2 Å². The number of aliphatic hydroxyl groups is 1. The van der Waals surface area contributed by atoms with E-state index in [1.165, 1.54) is 11.1 Å². The average Bonchev–Trinajstić information content (AvgIpc) is 2.33. The number of pyridine rings is 1. The quantitative estimate of drug-likeness (QED) is 0.874. The summed E-state index contributed by atoms with van der Waals surface area (Å²) in [6, 6.07) is 8.04. The van der Waals surface area contributed by atoms with E-state index in [2.05, 4.69) is 31.0 Å². The number of benzene rings is 1. The minimum atomic E-state index is -0.648. The van der Waals surface area contributed by atoms with Crippen molar-refractivity contribution in [2.45, 2.75) is 33.8 Å². The van der Waals surface area contributed by atoms with Crippen LogP contribution in [0, 0.1) is 27.7 Å². The van der Waals surface area contributed by atoms with E-state index in [1.54, 1.807) is 6.20 Å². The maximum Gasteiger partial charge on any atom is 0.121 e. The van der Waals surface area contributed by atoms with E-state index in [4.69, 9.17) is 0 Å². The molecule has 1 aromatic carbocycles. The molecule has 18 heavy (non-hydrogen) atoms. The van der Waals surface area contributed by atoms with E-state index in [0.717, 1.165) is 22.4 Å². The van der Waals surface area contributed by atoms with Gasteiger partial charge >= 0.3 is 0 Å². The van der Waals surface area contributed by atoms with Crippen LogP contribution in [0.3, 0.4) is 0 Å². The topological polar surface area (TPSA) is 33.1 Å². The molecule has 0 aliphatic rings. The Kier molecular flexibility index (Phi) is 3.48. The zero-order chi connectivity index (χ0) is 13.3. The molecule has 0 aliphatic carbocycles. The third-order valence-electron chi connectivity index (χ3n) is 3.49. The van der Waals surface area contributed by atoms with Crippen molar-refractivity contribution >= 4 is 0 Å². The Hall–Kier alpha value is -1.67. The van der Waals surface area contributed by atoms with Crippen molar-refractivity contribution in [1.29, 1.82) is 0 Å². The first kappa shape index (κ1) is 12.8. The Bertz CT molecular complexity index is 575. The number of aromatic nitrogens is 1. The van der Waals surface area contributed by atoms with Crippen LogP contribution in [0.4, 0.5) is 0 Å². The van der Waals surface area contributed by atoms with Crippen molar-refractivity contribution in [2.24, 2.45) is 0 Å². The maximum absolute atomic E-state index is 10.5. The molecule has 0 bridgehead atoms. The first-order valence-corrected chi connectivity index (χ1v) is 6.18. The van der Waals surface area contributed by atoms with Crippen molar-refractivity contribution in [1.82, 2.24) is 4.98 Å². The van der Waals surface area contributed by atoms with E-state index in [0.29, 0.717) is 0 Å². The van der Waals surface area contributed by atoms with Crippen LogP contribution in [-0.2, 0) is 0 Å². The molecule has 2 nitrogen and oxygen atoms in total. The van der Waals surface area contributed by atoms with Gasteiger partial charge in [0, 0.05) is 6.20 Å². The third-order valence-corrected chi connectivity index (χ3v) is 3.49. The lowest BCUT2D eigenvalue weighted by Gasteiger charge is -2.17. The summed E-state index contributed by atoms with van der Waals surface area (Å²) >= 11 is 0. The molecule has 0 amide bonds. The molecule has 0 aliphatic heterocycles. The molecule has 0 spiro atoms. The minimum Gasteiger partial charge on any atom is -0.382 e. The highest BCUT2D eigenvalue weighted by Crippen LogP contribution is 2.27. The Morgan fingerprint density at radius 3 is 2.28 bits per heavy atom. The van der Waals surface area contributed by atoms with Gasteiger partial charge in [0.25, 0.3) is 0 Å². The Morgan fingerprint density at radius 1 is 0.944 bits per heavy atom. The first-order chi connectivity index (χ1) is 8.50. The molecule has 2 heteroatoms. The van der Waals surface area contributed by atoms with Gasteiger partial charge in [-0.15, -0.1) is 0 Å². The van der Waals surface area contributed by atoms with Gasteiger partial charge in [-0.25, -0.2) is 0 Å². The minimum absolute atomic E-state index is 0.648. The van der Waals surface area contributed by atoms with Crippen molar-refractivity contribution in [3.8, 4) is 0 Å². The standard InChI is InChI=1S/C16H19NO/c1-10-6-5-7-17-15(10)16(18)14-9-12(3)11(2)8-13(14)4/h5-9,16,18H,1-4H3. The summed E-state index contributed by atoms with van der Waals surface area (Å²) in [7, 11) is 0. The largest absolute Gasteiger partial charge is 0.382 e. The van der Waals surface area contributed by atoms with E-state index in [9.17, 15) is 5.11 Å². The summed E-state index contributed by atoms with van der Waals surface area (Å²) < 4.78 is 0. The monoisotopic (exact) mass is 241 g/mol. The molecule has 94 valence electrons. The summed E-state index contributed by atoms with van der Waals surface area (Å²) in [4.78, 5) is 4.30. The predicted octanol–water partition coefficient (Wildman–Crippen LogP) is 3.40. The molecule has 2 aromatic rings. The van der Waals surface area contributed by atoms with E-state index < -0.39 is 6.10 Å². The lowest BCUT2D eigenvalue weighted by Crippen LogP contribution is -2.07. The summed E-state index contributed by atoms with van der Waals surface area (Å²) in [6.45, 7) is 8.16. The fourth-order valence-corrected chi connectivity index (χ4v) is 2.21. The zero-order valence-electron chi connectivity index (χ0n) is 11.4. The highest BCUT2D eigenvalue weighted by Gasteiger charge is 2.16. The number of hydrogen-bond donors (Lipinski definition) is 1. The Balaban J connectivity index is 2.50. The van der Waals surface area contributed by atoms with Gasteiger partial charge < -0.3 is 5.11 Å². The lowest BCUT2D eigenvalue weighted by atomic mass is 9.94. The molecular formula is C16H19NO. The molecule has 1 N–H and O–H groups in total. The third kappa shape index (κ3) is 2.29. The zero-order valence-corrected chi connectivity index (χ0v) is 11.4. The SMILES string of the molecule is Cc1cc(C)c(C(O)c2ncccc2C)cc1C. The Labute approximate surface area is 108 Å². The summed E-state index contributed by atoms with van der Waals surface area (Å²) in [5, 5.41) is 10.5. The second-order valence-corrected chi connectivity index (χ2v) is 4.90. The van der Waals surface area contributed by atoms with E-state index in [-0.39, 0.29) is 0 Å². The summed E-state index contributed by atoms with van der Waals surface area (Å²) in [5.41, 5.74) is 6.26. The van der Waals surface area contributed by atoms with Gasteiger partial charge in [-0.2, -0.15) is 0 Å². The number of rotatable bonds is 2. The van der Waals surface area contributed by atoms with Crippen molar-refractivity contribution in [3.05, 3.63) is 64.0 Å². The first-order valence-electron chi connectivity index (χ1n) is 6.18. The molecule has 1 aromatic heterocycles. The van der Waals surface area contributed by atoms with Crippen molar-refractivity contribution < 1.29 is 5.11 Å². The predicted molar refractivity (Wildman–Crippen MR) is 73.7 cm³/mol. The smallest absolute Gasteiger partial charge is 0.121 e. The van der Waals surface area contributed by atoms with E-state index >= 15 is 0 Å². The van der Waals surface area contributed by atoms with Gasteiger partial charge in [0.05, 0.1) is 5.69 Å². The van der Waals surface area contributed by atoms with Crippen LogP contribution < -0.4 is 0 Å². The lowest BCUT2D eigenvalue weighted by molar-refractivity contribution is 0.213. The van der Waals surface area contributed by atoms with Crippen LogP contribution in [0.15, 0.2) is 30.5 Å². The van der Waals surface area contributed by atoms with Gasteiger partial charge in [0.15, 0.2) is 0 Å². The summed E-state index contributed by atoms with van der Waals surface area (Å²) in [5.74, 6) is 0. The van der Waals surface area contributed by atoms with Crippen LogP contribution in [0.1, 0.15) is 39.6 Å². The number of aryl methyl sites for hydroxylation is 4. The second kappa shape index (κ2) is 4.91. The van der Waals surface area contributed by atoms with Crippen molar-refractivity contribution in [2.75, 3.05) is 0 Å². The highest BCUT2D eigenvalue weighted by atomic mass is 16.3. The molecule has 0 saturated carbocycles. The van der Waals surface area contributed by atoms with E-state index in [1.807, 2.05) is 26.0 Å². The fourth-order valence-electron chi connectivity index (χ4n) is 2.21. The van der Waals surface area contributed by atoms with Crippen LogP contribution in [0.2, 0.25) is 0 Å². The molecule has 1 atom stereocenters.